The topological polar surface area (TPSA) is 71.1 Å². The van der Waals surface area contributed by atoms with E-state index in [2.05, 4.69) is 5.32 Å². The number of amides is 2. The predicted molar refractivity (Wildman–Crippen MR) is 148 cm³/mol. The summed E-state index contributed by atoms with van der Waals surface area (Å²) in [5.74, 6) is 0.920. The Balaban J connectivity index is 1.47. The van der Waals surface area contributed by atoms with Crippen LogP contribution in [0.2, 0.25) is 0 Å². The predicted octanol–water partition coefficient (Wildman–Crippen LogP) is 4.00. The fourth-order valence-electron chi connectivity index (χ4n) is 4.43. The van der Waals surface area contributed by atoms with Crippen LogP contribution < -0.4 is 19.7 Å². The molecular weight excluding hydrogens is 486 g/mol. The standard InChI is InChI=1S/C29H31N3O4S/c1-35-25-14-13-22(19-26(25)36-2)16-18-31-24(20-27(33)30-17-15-21-9-5-3-6-10-21)28(34)32(29(31)37)23-11-7-4-8-12-23/h3-14,19,24H,15-18,20H2,1-2H3,(H,30,33). The Morgan fingerprint density at radius 3 is 2.24 bits per heavy atom. The lowest BCUT2D eigenvalue weighted by Crippen LogP contribution is -2.40. The van der Waals surface area contributed by atoms with Gasteiger partial charge in [-0.25, -0.2) is 0 Å². The van der Waals surface area contributed by atoms with Gasteiger partial charge in [-0.2, -0.15) is 0 Å². The van der Waals surface area contributed by atoms with Gasteiger partial charge in [0.05, 0.1) is 26.3 Å². The second kappa shape index (κ2) is 12.4. The molecule has 0 radical (unpaired) electrons. The normalized spacial score (nSPS) is 15.1. The lowest BCUT2D eigenvalue weighted by atomic mass is 10.1. The molecule has 0 aromatic heterocycles. The van der Waals surface area contributed by atoms with Gasteiger partial charge in [0.2, 0.25) is 5.91 Å². The zero-order chi connectivity index (χ0) is 26.2. The Kier molecular flexibility index (Phi) is 8.74. The van der Waals surface area contributed by atoms with Gasteiger partial charge in [-0.05, 0) is 60.5 Å². The Hall–Kier alpha value is -3.91. The van der Waals surface area contributed by atoms with Crippen LogP contribution in [0.25, 0.3) is 0 Å². The molecule has 192 valence electrons. The molecule has 1 N–H and O–H groups in total. The summed E-state index contributed by atoms with van der Waals surface area (Å²) in [6, 6.07) is 24.3. The van der Waals surface area contributed by atoms with Crippen LogP contribution in [0.3, 0.4) is 0 Å². The number of hydrogen-bond donors (Lipinski definition) is 1. The number of methoxy groups -OCH3 is 2. The zero-order valence-corrected chi connectivity index (χ0v) is 21.9. The maximum absolute atomic E-state index is 13.5. The minimum absolute atomic E-state index is 0.0308. The molecule has 0 saturated carbocycles. The molecule has 0 spiro atoms. The summed E-state index contributed by atoms with van der Waals surface area (Å²) in [5.41, 5.74) is 2.85. The van der Waals surface area contributed by atoms with E-state index in [-0.39, 0.29) is 18.2 Å². The zero-order valence-electron chi connectivity index (χ0n) is 21.1. The van der Waals surface area contributed by atoms with Crippen LogP contribution in [0.1, 0.15) is 17.5 Å². The molecule has 1 unspecified atom stereocenters. The van der Waals surface area contributed by atoms with Crippen LogP contribution in [-0.4, -0.2) is 55.2 Å². The first-order chi connectivity index (χ1) is 18.0. The summed E-state index contributed by atoms with van der Waals surface area (Å²) in [4.78, 5) is 29.8. The second-order valence-corrected chi connectivity index (χ2v) is 9.10. The number of thiocarbonyl (C=S) groups is 1. The maximum atomic E-state index is 13.5. The number of carbonyl (C=O) groups is 2. The molecule has 3 aromatic rings. The molecule has 1 heterocycles. The van der Waals surface area contributed by atoms with Gasteiger partial charge in [0.1, 0.15) is 6.04 Å². The smallest absolute Gasteiger partial charge is 0.256 e. The van der Waals surface area contributed by atoms with Crippen LogP contribution in [0.15, 0.2) is 78.9 Å². The van der Waals surface area contributed by atoms with Crippen LogP contribution in [0.5, 0.6) is 11.5 Å². The van der Waals surface area contributed by atoms with Crippen LogP contribution in [0, 0.1) is 0 Å². The summed E-state index contributed by atoms with van der Waals surface area (Å²) in [6.45, 7) is 0.980. The number of anilines is 1. The highest BCUT2D eigenvalue weighted by molar-refractivity contribution is 7.80. The Morgan fingerprint density at radius 1 is 0.892 bits per heavy atom. The number of nitrogens with zero attached hydrogens (tertiary/aromatic N) is 2. The first-order valence-corrected chi connectivity index (χ1v) is 12.6. The van der Waals surface area contributed by atoms with Crippen molar-refractivity contribution in [3.63, 3.8) is 0 Å². The number of ether oxygens (including phenoxy) is 2. The van der Waals surface area contributed by atoms with Crippen molar-refractivity contribution in [1.82, 2.24) is 10.2 Å². The number of carbonyl (C=O) groups excluding carboxylic acids is 2. The minimum Gasteiger partial charge on any atom is -0.493 e. The second-order valence-electron chi connectivity index (χ2n) is 8.73. The fraction of sp³-hybridized carbons (Fsp3) is 0.276. The molecule has 1 fully saturated rings. The lowest BCUT2D eigenvalue weighted by Gasteiger charge is -2.24. The van der Waals surface area contributed by atoms with Gasteiger partial charge >= 0.3 is 0 Å². The van der Waals surface area contributed by atoms with E-state index in [1.165, 1.54) is 4.90 Å². The summed E-state index contributed by atoms with van der Waals surface area (Å²) >= 11 is 5.76. The quantitative estimate of drug-likeness (QED) is 0.388. The van der Waals surface area contributed by atoms with E-state index < -0.39 is 6.04 Å². The fourth-order valence-corrected chi connectivity index (χ4v) is 4.84. The van der Waals surface area contributed by atoms with Gasteiger partial charge in [0, 0.05) is 13.1 Å². The molecule has 2 amide bonds. The molecule has 1 saturated heterocycles. The number of rotatable bonds is 11. The SMILES string of the molecule is COc1ccc(CCN2C(=S)N(c3ccccc3)C(=O)C2CC(=O)NCCc2ccccc2)cc1OC. The van der Waals surface area contributed by atoms with Gasteiger partial charge in [0.25, 0.3) is 5.91 Å². The van der Waals surface area contributed by atoms with E-state index in [4.69, 9.17) is 21.7 Å². The van der Waals surface area contributed by atoms with Crippen molar-refractivity contribution in [2.75, 3.05) is 32.2 Å². The van der Waals surface area contributed by atoms with Crippen molar-refractivity contribution < 1.29 is 19.1 Å². The van der Waals surface area contributed by atoms with Crippen molar-refractivity contribution in [1.29, 1.82) is 0 Å². The highest BCUT2D eigenvalue weighted by Gasteiger charge is 2.43. The molecule has 8 heteroatoms. The molecule has 0 aliphatic carbocycles. The summed E-state index contributed by atoms with van der Waals surface area (Å²) in [7, 11) is 3.19. The number of para-hydroxylation sites is 1. The lowest BCUT2D eigenvalue weighted by molar-refractivity contribution is -0.127. The Bertz CT molecular complexity index is 1240. The van der Waals surface area contributed by atoms with Gasteiger partial charge in [-0.3, -0.25) is 14.5 Å². The summed E-state index contributed by atoms with van der Waals surface area (Å²) < 4.78 is 10.8. The van der Waals surface area contributed by atoms with Crippen molar-refractivity contribution >= 4 is 34.8 Å². The molecule has 7 nitrogen and oxygen atoms in total. The third-order valence-electron chi connectivity index (χ3n) is 6.38. The molecule has 0 bridgehead atoms. The largest absolute Gasteiger partial charge is 0.493 e. The van der Waals surface area contributed by atoms with Crippen LogP contribution >= 0.6 is 12.2 Å². The number of benzene rings is 3. The van der Waals surface area contributed by atoms with E-state index in [0.717, 1.165) is 17.5 Å². The van der Waals surface area contributed by atoms with Crippen LogP contribution in [0.4, 0.5) is 5.69 Å². The third-order valence-corrected chi connectivity index (χ3v) is 6.80. The van der Waals surface area contributed by atoms with E-state index in [1.807, 2.05) is 83.8 Å². The molecule has 3 aromatic carbocycles. The average Bonchev–Trinajstić information content (AvgIpc) is 3.16. The van der Waals surface area contributed by atoms with Crippen molar-refractivity contribution in [2.24, 2.45) is 0 Å². The maximum Gasteiger partial charge on any atom is 0.256 e. The third kappa shape index (κ3) is 6.27. The highest BCUT2D eigenvalue weighted by atomic mass is 32.1. The van der Waals surface area contributed by atoms with E-state index in [9.17, 15) is 9.59 Å². The summed E-state index contributed by atoms with van der Waals surface area (Å²) in [5, 5.41) is 3.36. The molecule has 1 aliphatic heterocycles. The van der Waals surface area contributed by atoms with Gasteiger partial charge in [0.15, 0.2) is 16.6 Å². The van der Waals surface area contributed by atoms with Gasteiger partial charge < -0.3 is 19.7 Å². The molecule has 1 aliphatic rings. The van der Waals surface area contributed by atoms with E-state index >= 15 is 0 Å². The first kappa shape index (κ1) is 26.2. The van der Waals surface area contributed by atoms with Crippen molar-refractivity contribution in [3.8, 4) is 11.5 Å². The monoisotopic (exact) mass is 517 g/mol. The molecule has 4 rings (SSSR count). The Labute approximate surface area is 223 Å². The van der Waals surface area contributed by atoms with Gasteiger partial charge in [-0.1, -0.05) is 54.6 Å². The van der Waals surface area contributed by atoms with Gasteiger partial charge in [-0.15, -0.1) is 0 Å². The van der Waals surface area contributed by atoms with E-state index in [1.54, 1.807) is 14.2 Å². The van der Waals surface area contributed by atoms with Crippen molar-refractivity contribution in [3.05, 3.63) is 90.0 Å². The molecule has 1 atom stereocenters. The van der Waals surface area contributed by atoms with Crippen molar-refractivity contribution in [2.45, 2.75) is 25.3 Å². The minimum atomic E-state index is -0.676. The summed E-state index contributed by atoms with van der Waals surface area (Å²) in [6.07, 6.45) is 1.37. The molecular formula is C29H31N3O4S. The first-order valence-electron chi connectivity index (χ1n) is 12.2. The number of nitrogens with one attached hydrogen (secondary N) is 1. The average molecular weight is 518 g/mol. The van der Waals surface area contributed by atoms with E-state index in [0.29, 0.717) is 41.8 Å². The molecule has 37 heavy (non-hydrogen) atoms. The number of hydrogen-bond acceptors (Lipinski definition) is 5. The Morgan fingerprint density at radius 2 is 1.57 bits per heavy atom. The highest BCUT2D eigenvalue weighted by Crippen LogP contribution is 2.30. The van der Waals surface area contributed by atoms with Crippen LogP contribution in [-0.2, 0) is 22.4 Å².